The number of rotatable bonds is 10. The molecule has 16 heteroatoms. The molecule has 1 aromatic rings. The van der Waals surface area contributed by atoms with Gasteiger partial charge in [0.1, 0.15) is 29.6 Å². The number of fused-ring (bicyclic) bond motifs is 1. The summed E-state index contributed by atoms with van der Waals surface area (Å²) in [6, 6.07) is -0.839. The van der Waals surface area contributed by atoms with E-state index < -0.39 is 41.7 Å². The summed E-state index contributed by atoms with van der Waals surface area (Å²) < 4.78 is 19.6. The highest BCUT2D eigenvalue weighted by Crippen LogP contribution is 2.43. The van der Waals surface area contributed by atoms with Crippen LogP contribution in [-0.4, -0.2) is 97.5 Å². The van der Waals surface area contributed by atoms with Crippen molar-refractivity contribution in [1.29, 1.82) is 0 Å². The zero-order chi connectivity index (χ0) is 25.6. The maximum atomic E-state index is 12.9. The van der Waals surface area contributed by atoms with Crippen LogP contribution in [0.1, 0.15) is 12.6 Å². The number of carbonyl (C=O) groups is 4. The summed E-state index contributed by atoms with van der Waals surface area (Å²) in [5, 5.41) is 7.74. The molecule has 2 saturated heterocycles. The van der Waals surface area contributed by atoms with Gasteiger partial charge in [-0.25, -0.2) is 9.78 Å². The maximum absolute atomic E-state index is 12.9. The molecule has 2 aliphatic rings. The largest absolute Gasteiger partial charge is 0.511 e. The second-order valence-corrected chi connectivity index (χ2v) is 9.40. The van der Waals surface area contributed by atoms with Crippen molar-refractivity contribution in [2.75, 3.05) is 52.3 Å². The Kier molecular flexibility index (Phi) is 8.74. The minimum atomic E-state index is -1.18. The number of ether oxygens (including phenoxy) is 4. The molecular weight excluding hydrogens is 506 g/mol. The molecule has 192 valence electrons. The lowest BCUT2D eigenvalue weighted by molar-refractivity contribution is -0.173. The fourth-order valence-electron chi connectivity index (χ4n) is 3.52. The Hall–Kier alpha value is -3.11. The van der Waals surface area contributed by atoms with Gasteiger partial charge in [0.25, 0.3) is 5.91 Å². The van der Waals surface area contributed by atoms with Crippen LogP contribution in [0.25, 0.3) is 0 Å². The average molecular weight is 532 g/mol. The Labute approximate surface area is 208 Å². The van der Waals surface area contributed by atoms with E-state index in [0.717, 1.165) is 11.3 Å². The van der Waals surface area contributed by atoms with Gasteiger partial charge in [-0.2, -0.15) is 0 Å². The third-order valence-electron chi connectivity index (χ3n) is 5.08. The van der Waals surface area contributed by atoms with Gasteiger partial charge in [-0.05, 0) is 6.92 Å². The molecule has 35 heavy (non-hydrogen) atoms. The molecule has 3 rings (SSSR count). The standard InChI is InChI=1S/C19H25N5O9S2/c1-4-31-18(28)33-9-32-16(27)19(7-29-2)6-24-14(26)12(15(24)35-8-19)22-13(25)11(23-30-3)10-5-34-17(20)21-10/h5,12,15H,4,6-9H2,1-3H3,(H2,20,21)(H,22,25)/t12?,15-,19?/m1/s1. The van der Waals surface area contributed by atoms with E-state index >= 15 is 0 Å². The molecule has 14 nitrogen and oxygen atoms in total. The number of nitrogens with two attached hydrogens (primary N) is 1. The molecule has 2 aliphatic heterocycles. The number of anilines is 1. The van der Waals surface area contributed by atoms with Crippen molar-refractivity contribution in [3.63, 3.8) is 0 Å². The van der Waals surface area contributed by atoms with E-state index in [1.54, 1.807) is 12.3 Å². The number of methoxy groups -OCH3 is 1. The lowest BCUT2D eigenvalue weighted by atomic mass is 9.88. The molecule has 0 aliphatic carbocycles. The number of esters is 1. The van der Waals surface area contributed by atoms with E-state index in [-0.39, 0.29) is 48.0 Å². The van der Waals surface area contributed by atoms with Gasteiger partial charge in [-0.15, -0.1) is 23.1 Å². The molecule has 2 amide bonds. The van der Waals surface area contributed by atoms with Gasteiger partial charge in [-0.1, -0.05) is 5.16 Å². The van der Waals surface area contributed by atoms with Gasteiger partial charge >= 0.3 is 12.1 Å². The first-order chi connectivity index (χ1) is 16.8. The van der Waals surface area contributed by atoms with Crippen LogP contribution in [0.5, 0.6) is 0 Å². The van der Waals surface area contributed by atoms with Gasteiger partial charge in [0.2, 0.25) is 12.7 Å². The minimum Gasteiger partial charge on any atom is -0.435 e. The van der Waals surface area contributed by atoms with Crippen molar-refractivity contribution in [2.24, 2.45) is 10.6 Å². The van der Waals surface area contributed by atoms with Crippen molar-refractivity contribution < 1.29 is 43.0 Å². The zero-order valence-corrected chi connectivity index (χ0v) is 20.8. The number of carbonyl (C=O) groups excluding carboxylic acids is 4. The quantitative estimate of drug-likeness (QED) is 0.133. The molecule has 0 saturated carbocycles. The Balaban J connectivity index is 1.63. The third-order valence-corrected chi connectivity index (χ3v) is 7.34. The second-order valence-electron chi connectivity index (χ2n) is 7.40. The number of hydrogen-bond donors (Lipinski definition) is 2. The third kappa shape index (κ3) is 5.76. The van der Waals surface area contributed by atoms with E-state index in [1.165, 1.54) is 30.9 Å². The molecule has 2 fully saturated rings. The SMILES string of the molecule is CCOC(=O)OCOC(=O)C1(COC)CS[C@@H]2C(NC(=O)C(=NOC)c3csc(N)n3)C(=O)N2C1. The second kappa shape index (κ2) is 11.5. The molecular formula is C19H25N5O9S2. The minimum absolute atomic E-state index is 0.00356. The topological polar surface area (TPSA) is 181 Å². The van der Waals surface area contributed by atoms with Crippen LogP contribution in [0.3, 0.4) is 0 Å². The molecule has 3 atom stereocenters. The Morgan fingerprint density at radius 1 is 1.31 bits per heavy atom. The van der Waals surface area contributed by atoms with Crippen LogP contribution in [0.15, 0.2) is 10.5 Å². The lowest BCUT2D eigenvalue weighted by Crippen LogP contribution is -2.74. The van der Waals surface area contributed by atoms with E-state index in [1.807, 2.05) is 0 Å². The van der Waals surface area contributed by atoms with Gasteiger partial charge < -0.3 is 39.7 Å². The van der Waals surface area contributed by atoms with Crippen LogP contribution in [-0.2, 0) is 38.2 Å². The number of hydrogen-bond acceptors (Lipinski definition) is 14. The molecule has 0 bridgehead atoms. The van der Waals surface area contributed by atoms with Crippen LogP contribution >= 0.6 is 23.1 Å². The number of nitrogens with one attached hydrogen (secondary N) is 1. The number of aromatic nitrogens is 1. The van der Waals surface area contributed by atoms with E-state index in [4.69, 9.17) is 20.0 Å². The van der Waals surface area contributed by atoms with E-state index in [2.05, 4.69) is 24.9 Å². The summed E-state index contributed by atoms with van der Waals surface area (Å²) in [5.74, 6) is -1.49. The smallest absolute Gasteiger partial charge is 0.435 e. The Morgan fingerprint density at radius 3 is 2.71 bits per heavy atom. The Morgan fingerprint density at radius 2 is 2.09 bits per heavy atom. The fraction of sp³-hybridized carbons (Fsp3) is 0.579. The van der Waals surface area contributed by atoms with Crippen LogP contribution in [0, 0.1) is 5.41 Å². The fourth-order valence-corrected chi connectivity index (χ4v) is 5.58. The molecule has 3 heterocycles. The molecule has 1 aromatic heterocycles. The summed E-state index contributed by atoms with van der Waals surface area (Å²) >= 11 is 2.42. The summed E-state index contributed by atoms with van der Waals surface area (Å²) in [7, 11) is 2.70. The molecule has 0 aromatic carbocycles. The van der Waals surface area contributed by atoms with E-state index in [0.29, 0.717) is 0 Å². The highest BCUT2D eigenvalue weighted by molar-refractivity contribution is 8.00. The molecule has 0 radical (unpaired) electrons. The van der Waals surface area contributed by atoms with Gasteiger partial charge in [0, 0.05) is 24.8 Å². The van der Waals surface area contributed by atoms with E-state index in [9.17, 15) is 19.2 Å². The molecule has 2 unspecified atom stereocenters. The normalized spacial score (nSPS) is 23.6. The van der Waals surface area contributed by atoms with Crippen molar-refractivity contribution >= 4 is 57.9 Å². The first-order valence-corrected chi connectivity index (χ1v) is 12.2. The summed E-state index contributed by atoms with van der Waals surface area (Å²) in [5.41, 5.74) is 4.55. The van der Waals surface area contributed by atoms with Crippen LogP contribution < -0.4 is 11.1 Å². The number of amides is 2. The number of oxime groups is 1. The maximum Gasteiger partial charge on any atom is 0.511 e. The molecule has 3 N–H and O–H groups in total. The predicted molar refractivity (Wildman–Crippen MR) is 123 cm³/mol. The van der Waals surface area contributed by atoms with Gasteiger partial charge in [0.05, 0.1) is 13.2 Å². The van der Waals surface area contributed by atoms with Crippen LogP contribution in [0.4, 0.5) is 9.93 Å². The van der Waals surface area contributed by atoms with Crippen molar-refractivity contribution in [1.82, 2.24) is 15.2 Å². The zero-order valence-electron chi connectivity index (χ0n) is 19.2. The monoisotopic (exact) mass is 531 g/mol. The van der Waals surface area contributed by atoms with Crippen molar-refractivity contribution in [2.45, 2.75) is 18.3 Å². The van der Waals surface area contributed by atoms with Gasteiger partial charge in [-0.3, -0.25) is 14.4 Å². The summed E-state index contributed by atoms with van der Waals surface area (Å²) in [4.78, 5) is 60.0. The molecule has 0 spiro atoms. The first kappa shape index (κ1) is 26.5. The lowest BCUT2D eigenvalue weighted by Gasteiger charge is -2.53. The number of thioether (sulfide) groups is 1. The number of nitrogen functional groups attached to an aromatic ring is 1. The number of thiazole rings is 1. The average Bonchev–Trinajstić information content (AvgIpc) is 3.26. The highest BCUT2D eigenvalue weighted by atomic mass is 32.2. The van der Waals surface area contributed by atoms with Gasteiger partial charge in [0.15, 0.2) is 10.8 Å². The first-order valence-electron chi connectivity index (χ1n) is 10.3. The number of nitrogens with zero attached hydrogens (tertiary/aromatic N) is 3. The summed E-state index contributed by atoms with van der Waals surface area (Å²) in [6.45, 7) is 1.07. The van der Waals surface area contributed by atoms with Crippen molar-refractivity contribution in [3.05, 3.63) is 11.1 Å². The Bertz CT molecular complexity index is 1000. The predicted octanol–water partition coefficient (Wildman–Crippen LogP) is -0.218. The highest BCUT2D eigenvalue weighted by Gasteiger charge is 2.58. The number of β-lactam (4-membered cyclic amide) rings is 1. The van der Waals surface area contributed by atoms with Crippen molar-refractivity contribution in [3.8, 4) is 0 Å². The summed E-state index contributed by atoms with van der Waals surface area (Å²) in [6.07, 6.45) is -0.965. The van der Waals surface area contributed by atoms with Crippen LogP contribution in [0.2, 0.25) is 0 Å².